The first kappa shape index (κ1) is 12.4. The molecule has 0 spiro atoms. The lowest BCUT2D eigenvalue weighted by atomic mass is 9.96. The summed E-state index contributed by atoms with van der Waals surface area (Å²) in [6.07, 6.45) is 0.950. The van der Waals surface area contributed by atoms with E-state index in [0.29, 0.717) is 0 Å². The fourth-order valence-electron chi connectivity index (χ4n) is 1.60. The van der Waals surface area contributed by atoms with E-state index >= 15 is 0 Å². The SMILES string of the molecule is CCNCCc1nn2c(C(C)(C)C)nnc2s1. The molecule has 0 bridgehead atoms. The lowest BCUT2D eigenvalue weighted by molar-refractivity contribution is 0.526. The predicted molar refractivity (Wildman–Crippen MR) is 69.6 cm³/mol. The Morgan fingerprint density at radius 3 is 2.71 bits per heavy atom. The van der Waals surface area contributed by atoms with Crippen molar-refractivity contribution < 1.29 is 0 Å². The molecular formula is C11H19N5S. The van der Waals surface area contributed by atoms with Gasteiger partial charge in [-0.1, -0.05) is 39.0 Å². The van der Waals surface area contributed by atoms with Crippen molar-refractivity contribution in [1.82, 2.24) is 25.1 Å². The monoisotopic (exact) mass is 253 g/mol. The van der Waals surface area contributed by atoms with Crippen molar-refractivity contribution in [1.29, 1.82) is 0 Å². The summed E-state index contributed by atoms with van der Waals surface area (Å²) < 4.78 is 1.88. The van der Waals surface area contributed by atoms with Crippen LogP contribution in [0.25, 0.3) is 4.96 Å². The minimum absolute atomic E-state index is 0.0214. The van der Waals surface area contributed by atoms with Crippen LogP contribution in [-0.2, 0) is 11.8 Å². The van der Waals surface area contributed by atoms with E-state index in [1.807, 2.05) is 4.52 Å². The van der Waals surface area contributed by atoms with Crippen LogP contribution in [-0.4, -0.2) is 32.9 Å². The van der Waals surface area contributed by atoms with E-state index in [1.54, 1.807) is 11.3 Å². The van der Waals surface area contributed by atoms with Gasteiger partial charge in [0.15, 0.2) is 5.82 Å². The lowest BCUT2D eigenvalue weighted by Gasteiger charge is -2.13. The van der Waals surface area contributed by atoms with E-state index in [-0.39, 0.29) is 5.41 Å². The molecule has 0 aromatic carbocycles. The Morgan fingerprint density at radius 2 is 2.06 bits per heavy atom. The molecule has 0 aliphatic carbocycles. The maximum absolute atomic E-state index is 4.58. The number of hydrogen-bond acceptors (Lipinski definition) is 5. The van der Waals surface area contributed by atoms with Crippen molar-refractivity contribution in [3.05, 3.63) is 10.8 Å². The molecule has 0 radical (unpaired) electrons. The summed E-state index contributed by atoms with van der Waals surface area (Å²) in [4.78, 5) is 0.890. The molecule has 0 fully saturated rings. The molecule has 5 nitrogen and oxygen atoms in total. The van der Waals surface area contributed by atoms with Gasteiger partial charge in [0.25, 0.3) is 0 Å². The molecular weight excluding hydrogens is 234 g/mol. The first-order valence-corrected chi connectivity index (χ1v) is 6.76. The van der Waals surface area contributed by atoms with Gasteiger partial charge in [0, 0.05) is 18.4 Å². The number of aromatic nitrogens is 4. The first-order chi connectivity index (χ1) is 8.02. The summed E-state index contributed by atoms with van der Waals surface area (Å²) in [6.45, 7) is 10.4. The fourth-order valence-corrected chi connectivity index (χ4v) is 2.43. The summed E-state index contributed by atoms with van der Waals surface area (Å²) >= 11 is 1.62. The molecule has 2 aromatic heterocycles. The second-order valence-corrected chi connectivity index (χ2v) is 6.11. The van der Waals surface area contributed by atoms with Gasteiger partial charge in [0.05, 0.1) is 0 Å². The Labute approximate surface area is 105 Å². The summed E-state index contributed by atoms with van der Waals surface area (Å²) in [5, 5.41) is 17.4. The third-order valence-corrected chi connectivity index (χ3v) is 3.43. The highest BCUT2D eigenvalue weighted by atomic mass is 32.1. The van der Waals surface area contributed by atoms with Crippen LogP contribution in [0, 0.1) is 0 Å². The number of fused-ring (bicyclic) bond motifs is 1. The normalized spacial score (nSPS) is 12.5. The van der Waals surface area contributed by atoms with Crippen molar-refractivity contribution in [2.45, 2.75) is 39.5 Å². The maximum atomic E-state index is 4.58. The zero-order valence-electron chi connectivity index (χ0n) is 10.8. The van der Waals surface area contributed by atoms with Gasteiger partial charge in [-0.25, -0.2) is 0 Å². The van der Waals surface area contributed by atoms with Crippen LogP contribution in [0.3, 0.4) is 0 Å². The molecule has 0 aliphatic heterocycles. The smallest absolute Gasteiger partial charge is 0.234 e. The first-order valence-electron chi connectivity index (χ1n) is 5.94. The average molecular weight is 253 g/mol. The molecule has 1 N–H and O–H groups in total. The van der Waals surface area contributed by atoms with Crippen LogP contribution in [0.4, 0.5) is 0 Å². The zero-order valence-corrected chi connectivity index (χ0v) is 11.6. The van der Waals surface area contributed by atoms with Crippen LogP contribution in [0.1, 0.15) is 38.5 Å². The number of rotatable bonds is 4. The van der Waals surface area contributed by atoms with Gasteiger partial charge in [0.1, 0.15) is 5.01 Å². The third kappa shape index (κ3) is 2.63. The number of hydrogen-bond donors (Lipinski definition) is 1. The number of likely N-dealkylation sites (N-methyl/N-ethyl adjacent to an activating group) is 1. The minimum atomic E-state index is -0.0214. The van der Waals surface area contributed by atoms with Gasteiger partial charge in [0.2, 0.25) is 4.96 Å². The topological polar surface area (TPSA) is 55.1 Å². The summed E-state index contributed by atoms with van der Waals surface area (Å²) in [7, 11) is 0. The maximum Gasteiger partial charge on any atom is 0.234 e. The van der Waals surface area contributed by atoms with Gasteiger partial charge in [-0.05, 0) is 6.54 Å². The second kappa shape index (κ2) is 4.70. The van der Waals surface area contributed by atoms with Crippen LogP contribution < -0.4 is 5.32 Å². The molecule has 2 rings (SSSR count). The van der Waals surface area contributed by atoms with E-state index in [2.05, 4.69) is 48.3 Å². The van der Waals surface area contributed by atoms with Crippen LogP contribution >= 0.6 is 11.3 Å². The van der Waals surface area contributed by atoms with Gasteiger partial charge < -0.3 is 5.32 Å². The van der Waals surface area contributed by atoms with E-state index < -0.39 is 0 Å². The van der Waals surface area contributed by atoms with Crippen molar-refractivity contribution in [2.24, 2.45) is 0 Å². The molecule has 2 aromatic rings. The van der Waals surface area contributed by atoms with E-state index in [1.165, 1.54) is 0 Å². The Morgan fingerprint density at radius 1 is 1.29 bits per heavy atom. The van der Waals surface area contributed by atoms with Crippen molar-refractivity contribution >= 4 is 16.3 Å². The molecule has 0 unspecified atom stereocenters. The minimum Gasteiger partial charge on any atom is -0.317 e. The zero-order chi connectivity index (χ0) is 12.5. The Bertz CT molecular complexity index is 493. The van der Waals surface area contributed by atoms with Gasteiger partial charge in [-0.3, -0.25) is 0 Å². The van der Waals surface area contributed by atoms with Crippen molar-refractivity contribution in [3.63, 3.8) is 0 Å². The van der Waals surface area contributed by atoms with Crippen LogP contribution in [0.2, 0.25) is 0 Å². The quantitative estimate of drug-likeness (QED) is 0.842. The van der Waals surface area contributed by atoms with Gasteiger partial charge in [-0.15, -0.1) is 10.2 Å². The number of nitrogens with one attached hydrogen (secondary N) is 1. The molecule has 0 saturated carbocycles. The van der Waals surface area contributed by atoms with Gasteiger partial charge >= 0.3 is 0 Å². The molecule has 0 aliphatic rings. The molecule has 2 heterocycles. The summed E-state index contributed by atoms with van der Waals surface area (Å²) in [6, 6.07) is 0. The standard InChI is InChI=1S/C11H19N5S/c1-5-12-7-6-8-15-16-9(11(2,3)4)13-14-10(16)17-8/h12H,5-7H2,1-4H3. The summed E-state index contributed by atoms with van der Waals surface area (Å²) in [5.74, 6) is 0.929. The summed E-state index contributed by atoms with van der Waals surface area (Å²) in [5.41, 5.74) is -0.0214. The Balaban J connectivity index is 2.23. The highest BCUT2D eigenvalue weighted by Crippen LogP contribution is 2.23. The highest BCUT2D eigenvalue weighted by Gasteiger charge is 2.23. The van der Waals surface area contributed by atoms with Crippen molar-refractivity contribution in [2.75, 3.05) is 13.1 Å². The average Bonchev–Trinajstić information content (AvgIpc) is 2.74. The fraction of sp³-hybridized carbons (Fsp3) is 0.727. The molecule has 17 heavy (non-hydrogen) atoms. The largest absolute Gasteiger partial charge is 0.317 e. The molecule has 6 heteroatoms. The van der Waals surface area contributed by atoms with Crippen molar-refractivity contribution in [3.8, 4) is 0 Å². The Hall–Kier alpha value is -1.01. The van der Waals surface area contributed by atoms with Crippen LogP contribution in [0.5, 0.6) is 0 Å². The van der Waals surface area contributed by atoms with Crippen LogP contribution in [0.15, 0.2) is 0 Å². The Kier molecular flexibility index (Phi) is 3.44. The lowest BCUT2D eigenvalue weighted by Crippen LogP contribution is -2.17. The molecule has 0 amide bonds. The molecule has 94 valence electrons. The predicted octanol–water partition coefficient (Wildman–Crippen LogP) is 1.64. The molecule has 0 atom stereocenters. The highest BCUT2D eigenvalue weighted by molar-refractivity contribution is 7.16. The second-order valence-electron chi connectivity index (χ2n) is 5.07. The van der Waals surface area contributed by atoms with E-state index in [4.69, 9.17) is 0 Å². The van der Waals surface area contributed by atoms with Gasteiger partial charge in [-0.2, -0.15) is 9.61 Å². The third-order valence-electron chi connectivity index (χ3n) is 2.47. The molecule has 0 saturated heterocycles. The van der Waals surface area contributed by atoms with E-state index in [9.17, 15) is 0 Å². The number of nitrogens with zero attached hydrogens (tertiary/aromatic N) is 4. The van der Waals surface area contributed by atoms with E-state index in [0.717, 1.165) is 35.3 Å².